The number of rotatable bonds is 5. The van der Waals surface area contributed by atoms with Crippen molar-refractivity contribution >= 4 is 23.4 Å². The van der Waals surface area contributed by atoms with Crippen LogP contribution in [0.25, 0.3) is 11.1 Å². The van der Waals surface area contributed by atoms with Crippen molar-refractivity contribution in [2.45, 2.75) is 23.1 Å². The van der Waals surface area contributed by atoms with Crippen LogP contribution in [0.2, 0.25) is 5.02 Å². The second-order valence-corrected chi connectivity index (χ2v) is 6.61. The Morgan fingerprint density at radius 3 is 2.54 bits per heavy atom. The molecule has 1 heterocycles. The van der Waals surface area contributed by atoms with Crippen molar-refractivity contribution in [3.63, 3.8) is 0 Å². The molecular weight excluding hydrogens is 340 g/mol. The van der Waals surface area contributed by atoms with Crippen molar-refractivity contribution in [1.29, 1.82) is 0 Å². The van der Waals surface area contributed by atoms with Crippen molar-refractivity contribution in [3.8, 4) is 11.1 Å². The van der Waals surface area contributed by atoms with Crippen LogP contribution in [0.1, 0.15) is 11.1 Å². The van der Waals surface area contributed by atoms with E-state index in [-0.39, 0.29) is 6.61 Å². The third kappa shape index (κ3) is 3.47. The predicted molar refractivity (Wildman–Crippen MR) is 99.1 cm³/mol. The topological polar surface area (TPSA) is 59.1 Å². The van der Waals surface area contributed by atoms with Crippen LogP contribution >= 0.6 is 23.4 Å². The molecule has 122 valence electrons. The molecule has 0 amide bonds. The zero-order valence-electron chi connectivity index (χ0n) is 12.9. The smallest absolute Gasteiger partial charge is 0.106 e. The molecule has 0 atom stereocenters. The molecule has 0 saturated heterocycles. The normalized spacial score (nSPS) is 10.8. The Labute approximate surface area is 150 Å². The van der Waals surface area contributed by atoms with Crippen LogP contribution in [-0.4, -0.2) is 10.1 Å². The van der Waals surface area contributed by atoms with Crippen molar-refractivity contribution in [3.05, 3.63) is 76.9 Å². The number of hydrogen-bond acceptors (Lipinski definition) is 4. The van der Waals surface area contributed by atoms with E-state index in [0.29, 0.717) is 11.6 Å². The molecule has 0 fully saturated rings. The maximum Gasteiger partial charge on any atom is 0.106 e. The Kier molecular flexibility index (Phi) is 5.53. The quantitative estimate of drug-likeness (QED) is 0.706. The lowest BCUT2D eigenvalue weighted by Gasteiger charge is -2.16. The van der Waals surface area contributed by atoms with Gasteiger partial charge in [-0.15, -0.1) is 0 Å². The zero-order valence-corrected chi connectivity index (χ0v) is 14.5. The zero-order chi connectivity index (χ0) is 16.9. The first-order chi connectivity index (χ1) is 11.7. The summed E-state index contributed by atoms with van der Waals surface area (Å²) in [7, 11) is 0. The van der Waals surface area contributed by atoms with Gasteiger partial charge in [-0.25, -0.2) is 4.98 Å². The molecule has 0 radical (unpaired) electrons. The summed E-state index contributed by atoms with van der Waals surface area (Å²) in [6, 6.07) is 17.6. The second kappa shape index (κ2) is 7.81. The molecular formula is C19H17ClN2OS. The summed E-state index contributed by atoms with van der Waals surface area (Å²) in [4.78, 5) is 5.25. The summed E-state index contributed by atoms with van der Waals surface area (Å²) in [5, 5.41) is 10.9. The maximum absolute atomic E-state index is 9.51. The van der Waals surface area contributed by atoms with E-state index in [1.807, 2.05) is 36.4 Å². The molecule has 1 aromatic heterocycles. The molecule has 3 nitrogen and oxygen atoms in total. The highest BCUT2D eigenvalue weighted by atomic mass is 35.5. The first-order valence-corrected chi connectivity index (χ1v) is 8.73. The molecule has 5 heteroatoms. The van der Waals surface area contributed by atoms with Gasteiger partial charge >= 0.3 is 0 Å². The minimum atomic E-state index is -0.0654. The molecule has 3 aromatic rings. The number of halogens is 1. The summed E-state index contributed by atoms with van der Waals surface area (Å²) in [6.45, 7) is 0.304. The lowest BCUT2D eigenvalue weighted by atomic mass is 10.00. The van der Waals surface area contributed by atoms with Crippen molar-refractivity contribution < 1.29 is 5.11 Å². The molecule has 0 unspecified atom stereocenters. The van der Waals surface area contributed by atoms with Gasteiger partial charge in [-0.05, 0) is 28.8 Å². The van der Waals surface area contributed by atoms with E-state index in [1.54, 1.807) is 12.3 Å². The second-order valence-electron chi connectivity index (χ2n) is 5.20. The van der Waals surface area contributed by atoms with Crippen LogP contribution in [0.5, 0.6) is 0 Å². The number of aliphatic hydroxyl groups excluding tert-OH is 1. The lowest BCUT2D eigenvalue weighted by molar-refractivity contribution is 0.278. The fourth-order valence-electron chi connectivity index (χ4n) is 2.53. The van der Waals surface area contributed by atoms with Crippen LogP contribution in [0, 0.1) is 0 Å². The Hall–Kier alpha value is -1.85. The number of aromatic nitrogens is 1. The van der Waals surface area contributed by atoms with E-state index < -0.39 is 0 Å². The third-order valence-electron chi connectivity index (χ3n) is 3.72. The van der Waals surface area contributed by atoms with Gasteiger partial charge in [-0.3, -0.25) is 0 Å². The van der Waals surface area contributed by atoms with Crippen LogP contribution in [0.3, 0.4) is 0 Å². The molecule has 2 aromatic carbocycles. The Bertz CT molecular complexity index is 840. The summed E-state index contributed by atoms with van der Waals surface area (Å²) in [5.74, 6) is 0. The monoisotopic (exact) mass is 356 g/mol. The maximum atomic E-state index is 9.51. The standard InChI is InChI=1S/C19H17ClN2OS/c20-17-9-8-15(13-5-2-1-3-6-13)16(11-21)18(17)24-19-14(12-23)7-4-10-22-19/h1-10,23H,11-12,21H2. The van der Waals surface area contributed by atoms with Crippen LogP contribution in [-0.2, 0) is 13.2 Å². The van der Waals surface area contributed by atoms with Gasteiger partial charge in [0, 0.05) is 23.2 Å². The molecule has 0 aliphatic carbocycles. The predicted octanol–water partition coefficient (Wildman–Crippen LogP) is 4.50. The Morgan fingerprint density at radius 1 is 1.04 bits per heavy atom. The SMILES string of the molecule is NCc1c(-c2ccccc2)ccc(Cl)c1Sc1ncccc1CO. The van der Waals surface area contributed by atoms with Crippen molar-refractivity contribution in [2.24, 2.45) is 5.73 Å². The van der Waals surface area contributed by atoms with Gasteiger partial charge in [-0.2, -0.15) is 0 Å². The number of benzene rings is 2. The molecule has 0 bridgehead atoms. The molecule has 3 rings (SSSR count). The van der Waals surface area contributed by atoms with Crippen molar-refractivity contribution in [2.75, 3.05) is 0 Å². The fraction of sp³-hybridized carbons (Fsp3) is 0.105. The van der Waals surface area contributed by atoms with Crippen LogP contribution < -0.4 is 5.73 Å². The molecule has 0 saturated carbocycles. The lowest BCUT2D eigenvalue weighted by Crippen LogP contribution is -2.02. The number of aliphatic hydroxyl groups is 1. The van der Waals surface area contributed by atoms with Crippen LogP contribution in [0.15, 0.2) is 70.7 Å². The summed E-state index contributed by atoms with van der Waals surface area (Å²) >= 11 is 7.89. The van der Waals surface area contributed by atoms with Gasteiger partial charge in [0.25, 0.3) is 0 Å². The highest BCUT2D eigenvalue weighted by molar-refractivity contribution is 7.99. The molecule has 0 aliphatic rings. The largest absolute Gasteiger partial charge is 0.392 e. The van der Waals surface area contributed by atoms with Gasteiger partial charge in [0.15, 0.2) is 0 Å². The summed E-state index contributed by atoms with van der Waals surface area (Å²) in [5.41, 5.74) is 9.95. The van der Waals surface area contributed by atoms with E-state index in [1.165, 1.54) is 11.8 Å². The molecule has 0 spiro atoms. The van der Waals surface area contributed by atoms with E-state index in [4.69, 9.17) is 17.3 Å². The van der Waals surface area contributed by atoms with E-state index in [2.05, 4.69) is 17.1 Å². The Morgan fingerprint density at radius 2 is 1.83 bits per heavy atom. The van der Waals surface area contributed by atoms with Gasteiger partial charge in [0.1, 0.15) is 5.03 Å². The minimum absolute atomic E-state index is 0.0654. The third-order valence-corrected chi connectivity index (χ3v) is 5.38. The molecule has 0 aliphatic heterocycles. The number of nitrogens with two attached hydrogens (primary N) is 1. The fourth-order valence-corrected chi connectivity index (χ4v) is 3.88. The highest BCUT2D eigenvalue weighted by Gasteiger charge is 2.16. The summed E-state index contributed by atoms with van der Waals surface area (Å²) < 4.78 is 0. The van der Waals surface area contributed by atoms with Gasteiger partial charge in [0.2, 0.25) is 0 Å². The first kappa shape index (κ1) is 17.0. The van der Waals surface area contributed by atoms with Gasteiger partial charge in [0.05, 0.1) is 11.6 Å². The Balaban J connectivity index is 2.10. The van der Waals surface area contributed by atoms with Gasteiger partial charge in [-0.1, -0.05) is 65.8 Å². The summed E-state index contributed by atoms with van der Waals surface area (Å²) in [6.07, 6.45) is 1.71. The average molecular weight is 357 g/mol. The van der Waals surface area contributed by atoms with Crippen molar-refractivity contribution in [1.82, 2.24) is 4.98 Å². The average Bonchev–Trinajstić information content (AvgIpc) is 2.64. The van der Waals surface area contributed by atoms with Gasteiger partial charge < -0.3 is 10.8 Å². The van der Waals surface area contributed by atoms with Crippen LogP contribution in [0.4, 0.5) is 0 Å². The first-order valence-electron chi connectivity index (χ1n) is 7.54. The number of hydrogen-bond donors (Lipinski definition) is 2. The molecule has 24 heavy (non-hydrogen) atoms. The molecule has 3 N–H and O–H groups in total. The van der Waals surface area contributed by atoms with E-state index in [0.717, 1.165) is 32.2 Å². The number of nitrogens with zero attached hydrogens (tertiary/aromatic N) is 1. The van der Waals surface area contributed by atoms with E-state index >= 15 is 0 Å². The number of pyridine rings is 1. The van der Waals surface area contributed by atoms with E-state index in [9.17, 15) is 5.11 Å². The minimum Gasteiger partial charge on any atom is -0.392 e. The highest BCUT2D eigenvalue weighted by Crippen LogP contribution is 2.40.